The first-order chi connectivity index (χ1) is 9.33. The van der Waals surface area contributed by atoms with E-state index < -0.39 is 12.7 Å². The molecule has 0 radical (unpaired) electrons. The molecule has 0 saturated heterocycles. The summed E-state index contributed by atoms with van der Waals surface area (Å²) in [6.45, 7) is -1.17. The third kappa shape index (κ3) is 4.22. The van der Waals surface area contributed by atoms with Crippen LogP contribution in [0, 0.1) is 5.92 Å². The number of amides is 1. The van der Waals surface area contributed by atoms with Crippen LogP contribution in [0.2, 0.25) is 0 Å². The number of alkyl halides is 3. The maximum absolute atomic E-state index is 12.2. The van der Waals surface area contributed by atoms with E-state index in [2.05, 4.69) is 10.4 Å². The SMILES string of the molecule is NC1CCCC(C(=O)Nc2cnn(CC(F)(F)F)c2)C1. The summed E-state index contributed by atoms with van der Waals surface area (Å²) in [5.74, 6) is -0.378. The highest BCUT2D eigenvalue weighted by atomic mass is 19.4. The molecular formula is C12H17F3N4O. The maximum atomic E-state index is 12.2. The van der Waals surface area contributed by atoms with Gasteiger partial charge in [0.25, 0.3) is 0 Å². The average Bonchev–Trinajstić information content (AvgIpc) is 2.74. The van der Waals surface area contributed by atoms with Crippen molar-refractivity contribution in [2.45, 2.75) is 44.4 Å². The molecule has 2 rings (SSSR count). The average molecular weight is 290 g/mol. The van der Waals surface area contributed by atoms with Gasteiger partial charge in [0.1, 0.15) is 6.54 Å². The van der Waals surface area contributed by atoms with Crippen LogP contribution in [0.25, 0.3) is 0 Å². The Bertz CT molecular complexity index is 472. The minimum absolute atomic E-state index is 0.0208. The van der Waals surface area contributed by atoms with Crippen molar-refractivity contribution >= 4 is 11.6 Å². The Morgan fingerprint density at radius 3 is 2.90 bits per heavy atom. The fraction of sp³-hybridized carbons (Fsp3) is 0.667. The fourth-order valence-corrected chi connectivity index (χ4v) is 2.41. The lowest BCUT2D eigenvalue weighted by Gasteiger charge is -2.25. The third-order valence-electron chi connectivity index (χ3n) is 3.33. The predicted octanol–water partition coefficient (Wildman–Crippen LogP) is 1.90. The van der Waals surface area contributed by atoms with Crippen LogP contribution < -0.4 is 11.1 Å². The molecule has 1 heterocycles. The van der Waals surface area contributed by atoms with Gasteiger partial charge in [-0.05, 0) is 19.3 Å². The van der Waals surface area contributed by atoms with Gasteiger partial charge in [0, 0.05) is 18.2 Å². The summed E-state index contributed by atoms with van der Waals surface area (Å²) in [5, 5.41) is 6.17. The number of nitrogens with one attached hydrogen (secondary N) is 1. The summed E-state index contributed by atoms with van der Waals surface area (Å²) in [6.07, 6.45) is 1.24. The molecule has 1 amide bonds. The van der Waals surface area contributed by atoms with Crippen LogP contribution in [0.3, 0.4) is 0 Å². The van der Waals surface area contributed by atoms with E-state index in [1.807, 2.05) is 0 Å². The molecule has 5 nitrogen and oxygen atoms in total. The van der Waals surface area contributed by atoms with E-state index >= 15 is 0 Å². The monoisotopic (exact) mass is 290 g/mol. The summed E-state index contributed by atoms with van der Waals surface area (Å²) in [7, 11) is 0. The van der Waals surface area contributed by atoms with Gasteiger partial charge in [0.2, 0.25) is 5.91 Å². The van der Waals surface area contributed by atoms with Crippen molar-refractivity contribution in [3.8, 4) is 0 Å². The first-order valence-electron chi connectivity index (χ1n) is 6.49. The van der Waals surface area contributed by atoms with Gasteiger partial charge in [0.05, 0.1) is 11.9 Å². The topological polar surface area (TPSA) is 72.9 Å². The standard InChI is InChI=1S/C12H17F3N4O/c13-12(14,15)7-19-6-10(5-17-19)18-11(20)8-2-1-3-9(16)4-8/h5-6,8-9H,1-4,7,16H2,(H,18,20). The fourth-order valence-electron chi connectivity index (χ4n) is 2.41. The zero-order valence-corrected chi connectivity index (χ0v) is 10.9. The van der Waals surface area contributed by atoms with Crippen molar-refractivity contribution in [3.63, 3.8) is 0 Å². The second-order valence-corrected chi connectivity index (χ2v) is 5.15. The second-order valence-electron chi connectivity index (χ2n) is 5.15. The summed E-state index contributed by atoms with van der Waals surface area (Å²) in [4.78, 5) is 12.0. The zero-order valence-electron chi connectivity index (χ0n) is 10.9. The molecule has 1 aromatic rings. The van der Waals surface area contributed by atoms with Gasteiger partial charge in [-0.25, -0.2) is 0 Å². The van der Waals surface area contributed by atoms with Crippen LogP contribution in [0.1, 0.15) is 25.7 Å². The molecule has 0 aromatic carbocycles. The zero-order chi connectivity index (χ0) is 14.8. The van der Waals surface area contributed by atoms with E-state index in [-0.39, 0.29) is 23.6 Å². The van der Waals surface area contributed by atoms with Crippen molar-refractivity contribution in [2.24, 2.45) is 11.7 Å². The number of aromatic nitrogens is 2. The predicted molar refractivity (Wildman–Crippen MR) is 66.8 cm³/mol. The molecule has 2 atom stereocenters. The number of carbonyl (C=O) groups is 1. The molecule has 1 saturated carbocycles. The molecule has 1 aromatic heterocycles. The molecule has 3 N–H and O–H groups in total. The van der Waals surface area contributed by atoms with Crippen LogP contribution in [0.5, 0.6) is 0 Å². The van der Waals surface area contributed by atoms with Gasteiger partial charge >= 0.3 is 6.18 Å². The number of anilines is 1. The summed E-state index contributed by atoms with van der Waals surface area (Å²) < 4.78 is 37.3. The Hall–Kier alpha value is -1.57. The molecular weight excluding hydrogens is 273 g/mol. The lowest BCUT2D eigenvalue weighted by atomic mass is 9.85. The van der Waals surface area contributed by atoms with Crippen LogP contribution >= 0.6 is 0 Å². The van der Waals surface area contributed by atoms with E-state index in [9.17, 15) is 18.0 Å². The van der Waals surface area contributed by atoms with Crippen molar-refractivity contribution < 1.29 is 18.0 Å². The molecule has 1 fully saturated rings. The Balaban J connectivity index is 1.91. The Morgan fingerprint density at radius 2 is 2.25 bits per heavy atom. The maximum Gasteiger partial charge on any atom is 0.408 e. The minimum Gasteiger partial charge on any atom is -0.328 e. The molecule has 2 unspecified atom stereocenters. The van der Waals surface area contributed by atoms with Crippen molar-refractivity contribution in [2.75, 3.05) is 5.32 Å². The van der Waals surface area contributed by atoms with Crippen LogP contribution in [-0.4, -0.2) is 27.9 Å². The molecule has 0 aliphatic heterocycles. The first kappa shape index (κ1) is 14.8. The van der Waals surface area contributed by atoms with E-state index in [0.29, 0.717) is 6.42 Å². The lowest BCUT2D eigenvalue weighted by molar-refractivity contribution is -0.142. The normalized spacial score (nSPS) is 23.6. The Kier molecular flexibility index (Phi) is 4.32. The van der Waals surface area contributed by atoms with Gasteiger partial charge in [-0.1, -0.05) is 6.42 Å². The number of nitrogens with two attached hydrogens (primary N) is 1. The van der Waals surface area contributed by atoms with Crippen molar-refractivity contribution in [3.05, 3.63) is 12.4 Å². The largest absolute Gasteiger partial charge is 0.408 e. The first-order valence-corrected chi connectivity index (χ1v) is 6.49. The molecule has 0 spiro atoms. The van der Waals surface area contributed by atoms with Crippen LogP contribution in [0.15, 0.2) is 12.4 Å². The molecule has 8 heteroatoms. The highest BCUT2D eigenvalue weighted by molar-refractivity contribution is 5.92. The van der Waals surface area contributed by atoms with Gasteiger partial charge in [0.15, 0.2) is 0 Å². The minimum atomic E-state index is -4.33. The van der Waals surface area contributed by atoms with Crippen LogP contribution in [-0.2, 0) is 11.3 Å². The number of carbonyl (C=O) groups excluding carboxylic acids is 1. The molecule has 0 bridgehead atoms. The second kappa shape index (κ2) is 5.82. The van der Waals surface area contributed by atoms with Gasteiger partial charge < -0.3 is 11.1 Å². The Morgan fingerprint density at radius 1 is 1.50 bits per heavy atom. The van der Waals surface area contributed by atoms with Gasteiger partial charge in [-0.2, -0.15) is 18.3 Å². The smallest absolute Gasteiger partial charge is 0.328 e. The Labute approximate surface area is 114 Å². The molecule has 1 aliphatic carbocycles. The van der Waals surface area contributed by atoms with E-state index in [4.69, 9.17) is 5.73 Å². The lowest BCUT2D eigenvalue weighted by Crippen LogP contribution is -2.34. The third-order valence-corrected chi connectivity index (χ3v) is 3.33. The molecule has 1 aliphatic rings. The number of halogens is 3. The summed E-state index contributed by atoms with van der Waals surface area (Å²) in [5.41, 5.74) is 6.08. The van der Waals surface area contributed by atoms with Gasteiger partial charge in [-0.3, -0.25) is 9.48 Å². The van der Waals surface area contributed by atoms with Crippen LogP contribution in [0.4, 0.5) is 18.9 Å². The summed E-state index contributed by atoms with van der Waals surface area (Å²) in [6, 6.07) is 0.0208. The van der Waals surface area contributed by atoms with E-state index in [1.54, 1.807) is 0 Å². The highest BCUT2D eigenvalue weighted by Crippen LogP contribution is 2.24. The summed E-state index contributed by atoms with van der Waals surface area (Å²) >= 11 is 0. The number of nitrogens with zero attached hydrogens (tertiary/aromatic N) is 2. The van der Waals surface area contributed by atoms with E-state index in [0.717, 1.165) is 23.9 Å². The van der Waals surface area contributed by atoms with E-state index in [1.165, 1.54) is 12.4 Å². The molecule has 20 heavy (non-hydrogen) atoms. The highest BCUT2D eigenvalue weighted by Gasteiger charge is 2.29. The van der Waals surface area contributed by atoms with Crippen molar-refractivity contribution in [1.29, 1.82) is 0 Å². The van der Waals surface area contributed by atoms with Gasteiger partial charge in [-0.15, -0.1) is 0 Å². The molecule has 112 valence electrons. The number of hydrogen-bond acceptors (Lipinski definition) is 3. The van der Waals surface area contributed by atoms with Crippen molar-refractivity contribution in [1.82, 2.24) is 9.78 Å². The quantitative estimate of drug-likeness (QED) is 0.893. The number of hydrogen-bond donors (Lipinski definition) is 2. The number of rotatable bonds is 3.